The fourth-order valence-electron chi connectivity index (χ4n) is 2.19. The van der Waals surface area contributed by atoms with Crippen molar-refractivity contribution in [3.8, 4) is 0 Å². The van der Waals surface area contributed by atoms with Crippen LogP contribution in [-0.2, 0) is 19.4 Å². The van der Waals surface area contributed by atoms with Crippen molar-refractivity contribution < 1.29 is 0 Å². The smallest absolute Gasteiger partial charge is 0.0766 e. The largest absolute Gasteiger partial charge is 0.313 e. The summed E-state index contributed by atoms with van der Waals surface area (Å²) in [6.45, 7) is 8.55. The zero-order chi connectivity index (χ0) is 14.3. The highest BCUT2D eigenvalue weighted by atomic mass is 79.9. The van der Waals surface area contributed by atoms with Crippen LogP contribution in [0.25, 0.3) is 0 Å². The van der Waals surface area contributed by atoms with Crippen LogP contribution in [0.1, 0.15) is 38.6 Å². The minimum absolute atomic E-state index is 0.526. The van der Waals surface area contributed by atoms with Crippen LogP contribution in [0.15, 0.2) is 4.47 Å². The Morgan fingerprint density at radius 1 is 1.37 bits per heavy atom. The molecule has 1 aromatic rings. The molecule has 1 N–H and O–H groups in total. The summed E-state index contributed by atoms with van der Waals surface area (Å²) in [6.07, 6.45) is 5.38. The van der Waals surface area contributed by atoms with Crippen LogP contribution >= 0.6 is 27.7 Å². The van der Waals surface area contributed by atoms with Crippen molar-refractivity contribution in [2.24, 2.45) is 0 Å². The molecule has 0 aromatic carbocycles. The molecule has 19 heavy (non-hydrogen) atoms. The van der Waals surface area contributed by atoms with E-state index in [4.69, 9.17) is 0 Å². The van der Waals surface area contributed by atoms with Crippen LogP contribution in [0, 0.1) is 0 Å². The molecule has 0 saturated heterocycles. The van der Waals surface area contributed by atoms with Gasteiger partial charge in [-0.2, -0.15) is 16.9 Å². The zero-order valence-corrected chi connectivity index (χ0v) is 14.9. The molecule has 1 aromatic heterocycles. The normalized spacial score (nSPS) is 12.9. The molecule has 1 rings (SSSR count). The SMILES string of the molecule is CCCNC(CSC)Cc1c(Br)c(CC)nn1CC. The summed E-state index contributed by atoms with van der Waals surface area (Å²) in [4.78, 5) is 0. The minimum Gasteiger partial charge on any atom is -0.313 e. The summed E-state index contributed by atoms with van der Waals surface area (Å²) in [5.74, 6) is 1.14. The van der Waals surface area contributed by atoms with Crippen molar-refractivity contribution in [2.45, 2.75) is 52.6 Å². The lowest BCUT2D eigenvalue weighted by atomic mass is 10.1. The summed E-state index contributed by atoms with van der Waals surface area (Å²) >= 11 is 5.64. The Morgan fingerprint density at radius 3 is 2.63 bits per heavy atom. The first-order valence-corrected chi connectivity index (χ1v) is 9.32. The van der Waals surface area contributed by atoms with Crippen molar-refractivity contribution >= 4 is 27.7 Å². The molecule has 0 saturated carbocycles. The van der Waals surface area contributed by atoms with Gasteiger partial charge in [-0.1, -0.05) is 13.8 Å². The van der Waals surface area contributed by atoms with Crippen LogP contribution in [0.3, 0.4) is 0 Å². The van der Waals surface area contributed by atoms with Gasteiger partial charge in [0.05, 0.1) is 15.9 Å². The first-order chi connectivity index (χ1) is 9.17. The number of rotatable bonds is 9. The van der Waals surface area contributed by atoms with Gasteiger partial charge in [0, 0.05) is 24.8 Å². The molecule has 110 valence electrons. The maximum absolute atomic E-state index is 4.68. The standard InChI is InChI=1S/C14H26BrN3S/c1-5-8-16-11(10-19-4)9-13-14(15)12(6-2)17-18(13)7-3/h11,16H,5-10H2,1-4H3. The molecule has 0 radical (unpaired) electrons. The van der Waals surface area contributed by atoms with E-state index in [1.807, 2.05) is 11.8 Å². The second-order valence-corrected chi connectivity index (χ2v) is 6.39. The third kappa shape index (κ3) is 4.80. The van der Waals surface area contributed by atoms with Gasteiger partial charge in [0.2, 0.25) is 0 Å². The van der Waals surface area contributed by atoms with E-state index in [0.29, 0.717) is 6.04 Å². The van der Waals surface area contributed by atoms with Gasteiger partial charge >= 0.3 is 0 Å². The van der Waals surface area contributed by atoms with Crippen LogP contribution < -0.4 is 5.32 Å². The predicted molar refractivity (Wildman–Crippen MR) is 89.1 cm³/mol. The number of nitrogens with zero attached hydrogens (tertiary/aromatic N) is 2. The Hall–Kier alpha value is 0. The van der Waals surface area contributed by atoms with E-state index in [9.17, 15) is 0 Å². The number of aromatic nitrogens is 2. The Bertz CT molecular complexity index is 379. The van der Waals surface area contributed by atoms with E-state index < -0.39 is 0 Å². The molecule has 0 aliphatic rings. The highest BCUT2D eigenvalue weighted by molar-refractivity contribution is 9.10. The topological polar surface area (TPSA) is 29.9 Å². The molecule has 0 bridgehead atoms. The third-order valence-electron chi connectivity index (χ3n) is 3.18. The molecule has 1 heterocycles. The van der Waals surface area contributed by atoms with Crippen molar-refractivity contribution in [2.75, 3.05) is 18.6 Å². The second-order valence-electron chi connectivity index (χ2n) is 4.69. The van der Waals surface area contributed by atoms with Crippen molar-refractivity contribution in [1.82, 2.24) is 15.1 Å². The average molecular weight is 348 g/mol. The van der Waals surface area contributed by atoms with Crippen LogP contribution in [0.4, 0.5) is 0 Å². The molecule has 0 amide bonds. The lowest BCUT2D eigenvalue weighted by Crippen LogP contribution is -2.34. The fourth-order valence-corrected chi connectivity index (χ4v) is 3.55. The first-order valence-electron chi connectivity index (χ1n) is 7.14. The molecule has 1 atom stereocenters. The summed E-state index contributed by atoms with van der Waals surface area (Å²) in [6, 6.07) is 0.526. The molecule has 1 unspecified atom stereocenters. The summed E-state index contributed by atoms with van der Waals surface area (Å²) in [5.41, 5.74) is 2.51. The van der Waals surface area contributed by atoms with Crippen molar-refractivity contribution in [3.63, 3.8) is 0 Å². The number of nitrogens with one attached hydrogen (secondary N) is 1. The first kappa shape index (κ1) is 17.1. The number of halogens is 1. The van der Waals surface area contributed by atoms with Gasteiger partial charge in [-0.25, -0.2) is 0 Å². The van der Waals surface area contributed by atoms with Crippen LogP contribution in [0.5, 0.6) is 0 Å². The molecular weight excluding hydrogens is 322 g/mol. The van der Waals surface area contributed by atoms with E-state index in [-0.39, 0.29) is 0 Å². The number of hydrogen-bond donors (Lipinski definition) is 1. The molecule has 0 spiro atoms. The lowest BCUT2D eigenvalue weighted by molar-refractivity contribution is 0.519. The van der Waals surface area contributed by atoms with E-state index >= 15 is 0 Å². The van der Waals surface area contributed by atoms with E-state index in [1.165, 1.54) is 22.3 Å². The predicted octanol–water partition coefficient (Wildman–Crippen LogP) is 3.50. The van der Waals surface area contributed by atoms with Crippen molar-refractivity contribution in [3.05, 3.63) is 15.9 Å². The Morgan fingerprint density at radius 2 is 2.11 bits per heavy atom. The maximum atomic E-state index is 4.68. The molecular formula is C14H26BrN3S. The highest BCUT2D eigenvalue weighted by Gasteiger charge is 2.18. The van der Waals surface area contributed by atoms with Gasteiger partial charge in [-0.15, -0.1) is 0 Å². The molecule has 5 heteroatoms. The zero-order valence-electron chi connectivity index (χ0n) is 12.5. The lowest BCUT2D eigenvalue weighted by Gasteiger charge is -2.18. The van der Waals surface area contributed by atoms with Gasteiger partial charge in [-0.3, -0.25) is 4.68 Å². The Kier molecular flexibility index (Phi) is 8.11. The molecule has 0 aliphatic heterocycles. The molecule has 3 nitrogen and oxygen atoms in total. The number of hydrogen-bond acceptors (Lipinski definition) is 3. The highest BCUT2D eigenvalue weighted by Crippen LogP contribution is 2.24. The Balaban J connectivity index is 2.84. The summed E-state index contributed by atoms with van der Waals surface area (Å²) < 4.78 is 3.35. The molecule has 0 fully saturated rings. The molecule has 0 aliphatic carbocycles. The van der Waals surface area contributed by atoms with Gasteiger partial charge in [0.1, 0.15) is 0 Å². The summed E-state index contributed by atoms with van der Waals surface area (Å²) in [5, 5.41) is 8.32. The maximum Gasteiger partial charge on any atom is 0.0766 e. The summed E-state index contributed by atoms with van der Waals surface area (Å²) in [7, 11) is 0. The third-order valence-corrected chi connectivity index (χ3v) is 4.84. The Labute approximate surface area is 130 Å². The quantitative estimate of drug-likeness (QED) is 0.741. The van der Waals surface area contributed by atoms with Crippen LogP contribution in [-0.4, -0.2) is 34.4 Å². The number of thioether (sulfide) groups is 1. The van der Waals surface area contributed by atoms with E-state index in [0.717, 1.165) is 31.7 Å². The van der Waals surface area contributed by atoms with Crippen molar-refractivity contribution in [1.29, 1.82) is 0 Å². The fraction of sp³-hybridized carbons (Fsp3) is 0.786. The van der Waals surface area contributed by atoms with Crippen LogP contribution in [0.2, 0.25) is 0 Å². The van der Waals surface area contributed by atoms with Gasteiger partial charge < -0.3 is 5.32 Å². The van der Waals surface area contributed by atoms with Gasteiger partial charge in [0.25, 0.3) is 0 Å². The minimum atomic E-state index is 0.526. The van der Waals surface area contributed by atoms with Gasteiger partial charge in [-0.05, 0) is 48.5 Å². The van der Waals surface area contributed by atoms with E-state index in [2.05, 4.69) is 58.1 Å². The average Bonchev–Trinajstić information content (AvgIpc) is 2.72. The van der Waals surface area contributed by atoms with E-state index in [1.54, 1.807) is 0 Å². The number of aryl methyl sites for hydroxylation is 2. The monoisotopic (exact) mass is 347 g/mol. The van der Waals surface area contributed by atoms with Gasteiger partial charge in [0.15, 0.2) is 0 Å². The second kappa shape index (κ2) is 9.03.